The van der Waals surface area contributed by atoms with Gasteiger partial charge in [0.05, 0.1) is 12.5 Å². The van der Waals surface area contributed by atoms with Crippen LogP contribution in [0.3, 0.4) is 0 Å². The number of likely N-dealkylation sites (tertiary alicyclic amines) is 1. The summed E-state index contributed by atoms with van der Waals surface area (Å²) in [4.78, 5) is 66.3. The van der Waals surface area contributed by atoms with Crippen molar-refractivity contribution in [2.45, 2.75) is 63.7 Å². The summed E-state index contributed by atoms with van der Waals surface area (Å²) in [5, 5.41) is 24.2. The van der Waals surface area contributed by atoms with Crippen LogP contribution in [0.15, 0.2) is 30.5 Å². The number of H-pyrrole nitrogens is 1. The third-order valence-corrected chi connectivity index (χ3v) is 6.51. The fourth-order valence-corrected chi connectivity index (χ4v) is 4.56. The molecule has 4 atom stereocenters. The molecule has 12 nitrogen and oxygen atoms in total. The predicted octanol–water partition coefficient (Wildman–Crippen LogP) is 0.214. The standard InChI is InChI=1S/C25H33N5O7/c1-13(2)21(25(36)37)29-22(33)18(11-20(31)32)28-23(34)19-8-5-9-30(19)24(35)16(26)10-14-12-27-17-7-4-3-6-15(14)17/h3-4,6-7,12-13,16,18-19,21,27H,5,8-11,26H2,1-2H3,(H,28,34)(H,29,33)(H,31,32)(H,36,37). The van der Waals surface area contributed by atoms with Crippen LogP contribution in [0, 0.1) is 5.92 Å². The maximum atomic E-state index is 13.2. The van der Waals surface area contributed by atoms with E-state index in [1.54, 1.807) is 20.0 Å². The van der Waals surface area contributed by atoms with Crippen molar-refractivity contribution in [1.82, 2.24) is 20.5 Å². The molecule has 3 amide bonds. The Morgan fingerprint density at radius 3 is 2.49 bits per heavy atom. The summed E-state index contributed by atoms with van der Waals surface area (Å²) >= 11 is 0. The second-order valence-corrected chi connectivity index (χ2v) is 9.59. The van der Waals surface area contributed by atoms with Crippen LogP contribution in [0.25, 0.3) is 10.9 Å². The summed E-state index contributed by atoms with van der Waals surface area (Å²) < 4.78 is 0. The number of para-hydroxylation sites is 1. The third kappa shape index (κ3) is 6.64. The average Bonchev–Trinajstić information content (AvgIpc) is 3.48. The van der Waals surface area contributed by atoms with Crippen molar-refractivity contribution >= 4 is 40.6 Å². The maximum Gasteiger partial charge on any atom is 0.326 e. The van der Waals surface area contributed by atoms with Gasteiger partial charge in [-0.05, 0) is 36.8 Å². The van der Waals surface area contributed by atoms with Crippen molar-refractivity contribution in [1.29, 1.82) is 0 Å². The Labute approximate surface area is 213 Å². The minimum absolute atomic E-state index is 0.253. The van der Waals surface area contributed by atoms with Gasteiger partial charge in [-0.3, -0.25) is 19.2 Å². The van der Waals surface area contributed by atoms with Crippen molar-refractivity contribution in [2.24, 2.45) is 11.7 Å². The molecule has 1 fully saturated rings. The maximum absolute atomic E-state index is 13.2. The van der Waals surface area contributed by atoms with Gasteiger partial charge in [-0.25, -0.2) is 4.79 Å². The Balaban J connectivity index is 1.69. The molecule has 1 saturated heterocycles. The highest BCUT2D eigenvalue weighted by molar-refractivity contribution is 5.96. The summed E-state index contributed by atoms with van der Waals surface area (Å²) in [5.74, 6) is -5.14. The molecule has 1 aliphatic heterocycles. The summed E-state index contributed by atoms with van der Waals surface area (Å²) in [7, 11) is 0. The summed E-state index contributed by atoms with van der Waals surface area (Å²) in [6.45, 7) is 3.47. The zero-order valence-corrected chi connectivity index (χ0v) is 20.8. The molecule has 1 aromatic carbocycles. The molecule has 37 heavy (non-hydrogen) atoms. The van der Waals surface area contributed by atoms with Crippen LogP contribution >= 0.6 is 0 Å². The Morgan fingerprint density at radius 2 is 1.84 bits per heavy atom. The number of carboxylic acid groups (broad SMARTS) is 2. The van der Waals surface area contributed by atoms with Crippen molar-refractivity contribution < 1.29 is 34.2 Å². The lowest BCUT2D eigenvalue weighted by Gasteiger charge is -2.28. The van der Waals surface area contributed by atoms with Gasteiger partial charge in [0, 0.05) is 23.6 Å². The van der Waals surface area contributed by atoms with E-state index in [2.05, 4.69) is 15.6 Å². The molecule has 12 heteroatoms. The number of nitrogens with two attached hydrogens (primary N) is 1. The van der Waals surface area contributed by atoms with Crippen molar-refractivity contribution in [3.63, 3.8) is 0 Å². The number of fused-ring (bicyclic) bond motifs is 1. The van der Waals surface area contributed by atoms with Gasteiger partial charge < -0.3 is 36.5 Å². The SMILES string of the molecule is CC(C)C(NC(=O)C(CC(=O)O)NC(=O)C1CCCN1C(=O)C(N)Cc1c[nH]c2ccccc12)C(=O)O. The van der Waals surface area contributed by atoms with E-state index in [4.69, 9.17) is 5.73 Å². The Kier molecular flexibility index (Phi) is 8.87. The van der Waals surface area contributed by atoms with Gasteiger partial charge in [-0.1, -0.05) is 32.0 Å². The van der Waals surface area contributed by atoms with Gasteiger partial charge in [0.2, 0.25) is 17.7 Å². The molecule has 0 bridgehead atoms. The van der Waals surface area contributed by atoms with Gasteiger partial charge in [-0.2, -0.15) is 0 Å². The molecule has 200 valence electrons. The van der Waals surface area contributed by atoms with Crippen LogP contribution in [0.1, 0.15) is 38.7 Å². The summed E-state index contributed by atoms with van der Waals surface area (Å²) in [6, 6.07) is 3.01. The molecular formula is C25H33N5O7. The zero-order valence-electron chi connectivity index (χ0n) is 20.8. The number of rotatable bonds is 11. The molecule has 3 rings (SSSR count). The van der Waals surface area contributed by atoms with Crippen LogP contribution in [-0.2, 0) is 30.4 Å². The Bertz CT molecular complexity index is 1180. The molecule has 1 aromatic heterocycles. The van der Waals surface area contributed by atoms with Gasteiger partial charge in [0.25, 0.3) is 0 Å². The van der Waals surface area contributed by atoms with Crippen LogP contribution in [-0.4, -0.2) is 80.5 Å². The molecule has 2 aromatic rings. The number of aromatic nitrogens is 1. The molecule has 0 saturated carbocycles. The van der Waals surface area contributed by atoms with E-state index < -0.39 is 66.2 Å². The van der Waals surface area contributed by atoms with Gasteiger partial charge in [-0.15, -0.1) is 0 Å². The van der Waals surface area contributed by atoms with Crippen LogP contribution in [0.5, 0.6) is 0 Å². The third-order valence-electron chi connectivity index (χ3n) is 6.51. The van der Waals surface area contributed by atoms with E-state index in [0.717, 1.165) is 16.5 Å². The predicted molar refractivity (Wildman–Crippen MR) is 133 cm³/mol. The number of nitrogens with zero attached hydrogens (tertiary/aromatic N) is 1. The quantitative estimate of drug-likeness (QED) is 0.244. The van der Waals surface area contributed by atoms with Crippen LogP contribution in [0.4, 0.5) is 0 Å². The fourth-order valence-electron chi connectivity index (χ4n) is 4.56. The van der Waals surface area contributed by atoms with E-state index in [1.807, 2.05) is 24.3 Å². The first-order chi connectivity index (χ1) is 17.5. The Morgan fingerprint density at radius 1 is 1.14 bits per heavy atom. The summed E-state index contributed by atoms with van der Waals surface area (Å²) in [5.41, 5.74) is 8.02. The number of amides is 3. The largest absolute Gasteiger partial charge is 0.481 e. The number of carboxylic acids is 2. The van der Waals surface area contributed by atoms with E-state index in [-0.39, 0.29) is 6.42 Å². The number of carbonyl (C=O) groups excluding carboxylic acids is 3. The molecule has 0 radical (unpaired) electrons. The van der Waals surface area contributed by atoms with Crippen molar-refractivity contribution in [3.8, 4) is 0 Å². The number of hydrogen-bond donors (Lipinski definition) is 6. The fraction of sp³-hybridized carbons (Fsp3) is 0.480. The number of aromatic amines is 1. The molecule has 4 unspecified atom stereocenters. The van der Waals surface area contributed by atoms with E-state index >= 15 is 0 Å². The van der Waals surface area contributed by atoms with Gasteiger partial charge >= 0.3 is 11.9 Å². The Hall–Kier alpha value is -3.93. The van der Waals surface area contributed by atoms with E-state index in [0.29, 0.717) is 19.4 Å². The first-order valence-electron chi connectivity index (χ1n) is 12.2. The lowest BCUT2D eigenvalue weighted by molar-refractivity contribution is -0.145. The number of carbonyl (C=O) groups is 5. The minimum atomic E-state index is -1.51. The minimum Gasteiger partial charge on any atom is -0.481 e. The van der Waals surface area contributed by atoms with Crippen LogP contribution < -0.4 is 16.4 Å². The highest BCUT2D eigenvalue weighted by atomic mass is 16.4. The lowest BCUT2D eigenvalue weighted by Crippen LogP contribution is -2.57. The topological polar surface area (TPSA) is 195 Å². The monoisotopic (exact) mass is 515 g/mol. The molecular weight excluding hydrogens is 482 g/mol. The number of nitrogens with one attached hydrogen (secondary N) is 3. The first kappa shape index (κ1) is 27.7. The van der Waals surface area contributed by atoms with Crippen LogP contribution in [0.2, 0.25) is 0 Å². The number of benzene rings is 1. The molecule has 7 N–H and O–H groups in total. The van der Waals surface area contributed by atoms with E-state index in [9.17, 15) is 34.2 Å². The second kappa shape index (κ2) is 11.9. The van der Waals surface area contributed by atoms with Gasteiger partial charge in [0.15, 0.2) is 0 Å². The lowest BCUT2D eigenvalue weighted by atomic mass is 10.0. The normalized spacial score (nSPS) is 17.8. The molecule has 0 aliphatic carbocycles. The molecule has 0 spiro atoms. The van der Waals surface area contributed by atoms with Crippen molar-refractivity contribution in [2.75, 3.05) is 6.54 Å². The molecule has 1 aliphatic rings. The molecule has 2 heterocycles. The summed E-state index contributed by atoms with van der Waals surface area (Å²) in [6.07, 6.45) is 2.16. The second-order valence-electron chi connectivity index (χ2n) is 9.59. The van der Waals surface area contributed by atoms with Gasteiger partial charge in [0.1, 0.15) is 18.1 Å². The highest BCUT2D eigenvalue weighted by Crippen LogP contribution is 2.22. The smallest absolute Gasteiger partial charge is 0.326 e. The zero-order chi connectivity index (χ0) is 27.3. The highest BCUT2D eigenvalue weighted by Gasteiger charge is 2.38. The number of hydrogen-bond acceptors (Lipinski definition) is 6. The number of aliphatic carboxylic acids is 2. The van der Waals surface area contributed by atoms with E-state index in [1.165, 1.54) is 4.90 Å². The first-order valence-corrected chi connectivity index (χ1v) is 12.2. The average molecular weight is 516 g/mol. The van der Waals surface area contributed by atoms with Crippen molar-refractivity contribution in [3.05, 3.63) is 36.0 Å².